The summed E-state index contributed by atoms with van der Waals surface area (Å²) in [7, 11) is 0. The zero-order chi connectivity index (χ0) is 10.6. The van der Waals surface area contributed by atoms with Crippen molar-refractivity contribution in [1.29, 1.82) is 5.41 Å². The van der Waals surface area contributed by atoms with Crippen molar-refractivity contribution < 1.29 is 0 Å². The molecule has 2 nitrogen and oxygen atoms in total. The summed E-state index contributed by atoms with van der Waals surface area (Å²) < 4.78 is 0. The van der Waals surface area contributed by atoms with Gasteiger partial charge >= 0.3 is 0 Å². The van der Waals surface area contributed by atoms with Crippen LogP contribution in [-0.2, 0) is 0 Å². The Balaban J connectivity index is 2.34. The highest BCUT2D eigenvalue weighted by molar-refractivity contribution is 5.79. The molecule has 0 amide bonds. The van der Waals surface area contributed by atoms with Crippen LogP contribution in [0.4, 0.5) is 0 Å². The van der Waals surface area contributed by atoms with E-state index in [1.807, 2.05) is 0 Å². The van der Waals surface area contributed by atoms with E-state index in [9.17, 15) is 0 Å². The van der Waals surface area contributed by atoms with Gasteiger partial charge in [0, 0.05) is 19.0 Å². The summed E-state index contributed by atoms with van der Waals surface area (Å²) in [5.41, 5.74) is 0. The van der Waals surface area contributed by atoms with Crippen molar-refractivity contribution in [3.05, 3.63) is 0 Å². The van der Waals surface area contributed by atoms with Gasteiger partial charge in [-0.25, -0.2) is 0 Å². The van der Waals surface area contributed by atoms with Gasteiger partial charge in [0.05, 0.1) is 5.84 Å². The third-order valence-corrected chi connectivity index (χ3v) is 2.77. The fourth-order valence-electron chi connectivity index (χ4n) is 1.70. The van der Waals surface area contributed by atoms with E-state index in [4.69, 9.17) is 5.41 Å². The maximum Gasteiger partial charge on any atom is 0.0960 e. The quantitative estimate of drug-likeness (QED) is 0.512. The summed E-state index contributed by atoms with van der Waals surface area (Å²) in [6, 6.07) is 0.716. The van der Waals surface area contributed by atoms with E-state index in [1.54, 1.807) is 0 Å². The molecule has 0 heterocycles. The Morgan fingerprint density at radius 3 is 2.50 bits per heavy atom. The monoisotopic (exact) mass is 196 g/mol. The first-order valence-corrected chi connectivity index (χ1v) is 5.99. The number of nitrogens with one attached hydrogen (secondary N) is 1. The zero-order valence-electron chi connectivity index (χ0n) is 9.84. The first-order chi connectivity index (χ1) is 6.65. The van der Waals surface area contributed by atoms with E-state index in [-0.39, 0.29) is 0 Å². The van der Waals surface area contributed by atoms with E-state index in [0.717, 1.165) is 31.1 Å². The maximum atomic E-state index is 7.99. The highest BCUT2D eigenvalue weighted by atomic mass is 15.2. The molecular formula is C12H24N2. The molecule has 1 saturated carbocycles. The Hall–Kier alpha value is -0.530. The minimum atomic E-state index is 0.716. The largest absolute Gasteiger partial charge is 0.358 e. The smallest absolute Gasteiger partial charge is 0.0960 e. The van der Waals surface area contributed by atoms with Gasteiger partial charge in [-0.1, -0.05) is 20.8 Å². The topological polar surface area (TPSA) is 27.1 Å². The molecule has 1 fully saturated rings. The molecule has 0 bridgehead atoms. The first kappa shape index (κ1) is 11.5. The van der Waals surface area contributed by atoms with Crippen molar-refractivity contribution in [2.75, 3.05) is 6.54 Å². The molecule has 1 aliphatic carbocycles. The maximum absolute atomic E-state index is 7.99. The van der Waals surface area contributed by atoms with Crippen molar-refractivity contribution >= 4 is 5.84 Å². The summed E-state index contributed by atoms with van der Waals surface area (Å²) in [5.74, 6) is 1.63. The van der Waals surface area contributed by atoms with Crippen LogP contribution in [0.3, 0.4) is 0 Å². The zero-order valence-corrected chi connectivity index (χ0v) is 9.84. The number of amidine groups is 1. The average Bonchev–Trinajstić information content (AvgIpc) is 2.88. The highest BCUT2D eigenvalue weighted by Gasteiger charge is 2.29. The first-order valence-electron chi connectivity index (χ1n) is 5.99. The molecular weight excluding hydrogens is 172 g/mol. The summed E-state index contributed by atoms with van der Waals surface area (Å²) in [6.45, 7) is 7.77. The van der Waals surface area contributed by atoms with Crippen molar-refractivity contribution in [1.82, 2.24) is 4.90 Å². The van der Waals surface area contributed by atoms with E-state index in [2.05, 4.69) is 25.7 Å². The van der Waals surface area contributed by atoms with Gasteiger partial charge in [-0.3, -0.25) is 5.41 Å². The standard InChI is InChI=1S/C12H24N2/c1-4-5-12(13)14(11-6-7-11)9-8-10(2)3/h10-11,13H,4-9H2,1-3H3. The van der Waals surface area contributed by atoms with Crippen LogP contribution in [0.15, 0.2) is 0 Å². The second kappa shape index (κ2) is 5.38. The van der Waals surface area contributed by atoms with Crippen LogP contribution < -0.4 is 0 Å². The van der Waals surface area contributed by atoms with Gasteiger partial charge in [0.1, 0.15) is 0 Å². The van der Waals surface area contributed by atoms with Crippen LogP contribution in [-0.4, -0.2) is 23.3 Å². The van der Waals surface area contributed by atoms with Gasteiger partial charge in [0.15, 0.2) is 0 Å². The normalized spacial score (nSPS) is 16.0. The predicted molar refractivity (Wildman–Crippen MR) is 61.8 cm³/mol. The Morgan fingerprint density at radius 1 is 1.43 bits per heavy atom. The fourth-order valence-corrected chi connectivity index (χ4v) is 1.70. The van der Waals surface area contributed by atoms with Crippen molar-refractivity contribution in [2.24, 2.45) is 5.92 Å². The van der Waals surface area contributed by atoms with Crippen LogP contribution in [0, 0.1) is 11.3 Å². The molecule has 0 radical (unpaired) electrons. The number of hydrogen-bond acceptors (Lipinski definition) is 1. The molecule has 0 aromatic rings. The minimum Gasteiger partial charge on any atom is -0.358 e. The molecule has 0 aliphatic heterocycles. The van der Waals surface area contributed by atoms with Crippen LogP contribution >= 0.6 is 0 Å². The lowest BCUT2D eigenvalue weighted by Gasteiger charge is -2.25. The predicted octanol–water partition coefficient (Wildman–Crippen LogP) is 3.27. The van der Waals surface area contributed by atoms with Crippen molar-refractivity contribution in [2.45, 2.75) is 58.9 Å². The number of nitrogens with zero attached hydrogens (tertiary/aromatic N) is 1. The van der Waals surface area contributed by atoms with E-state index >= 15 is 0 Å². The molecule has 0 atom stereocenters. The van der Waals surface area contributed by atoms with Crippen molar-refractivity contribution in [3.8, 4) is 0 Å². The SMILES string of the molecule is CCCC(=N)N(CCC(C)C)C1CC1. The van der Waals surface area contributed by atoms with Crippen molar-refractivity contribution in [3.63, 3.8) is 0 Å². The summed E-state index contributed by atoms with van der Waals surface area (Å²) in [4.78, 5) is 2.34. The third-order valence-electron chi connectivity index (χ3n) is 2.77. The Morgan fingerprint density at radius 2 is 2.07 bits per heavy atom. The van der Waals surface area contributed by atoms with Crippen LogP contribution in [0.5, 0.6) is 0 Å². The molecule has 0 spiro atoms. The molecule has 1 rings (SSSR count). The Bertz CT molecular complexity index is 183. The van der Waals surface area contributed by atoms with Crippen LogP contribution in [0.1, 0.15) is 52.9 Å². The molecule has 1 N–H and O–H groups in total. The van der Waals surface area contributed by atoms with Gasteiger partial charge in [0.2, 0.25) is 0 Å². The molecule has 14 heavy (non-hydrogen) atoms. The fraction of sp³-hybridized carbons (Fsp3) is 0.917. The molecule has 0 unspecified atom stereocenters. The summed E-state index contributed by atoms with van der Waals surface area (Å²) >= 11 is 0. The average molecular weight is 196 g/mol. The van der Waals surface area contributed by atoms with Gasteiger partial charge in [-0.2, -0.15) is 0 Å². The second-order valence-corrected chi connectivity index (χ2v) is 4.80. The van der Waals surface area contributed by atoms with E-state index < -0.39 is 0 Å². The van der Waals surface area contributed by atoms with Crippen LogP contribution in [0.2, 0.25) is 0 Å². The van der Waals surface area contributed by atoms with E-state index in [1.165, 1.54) is 19.3 Å². The van der Waals surface area contributed by atoms with Crippen LogP contribution in [0.25, 0.3) is 0 Å². The molecule has 2 heteroatoms. The van der Waals surface area contributed by atoms with Gasteiger partial charge in [0.25, 0.3) is 0 Å². The lowest BCUT2D eigenvalue weighted by atomic mass is 10.1. The number of rotatable bonds is 6. The molecule has 1 aliphatic rings. The van der Waals surface area contributed by atoms with Gasteiger partial charge < -0.3 is 4.90 Å². The lowest BCUT2D eigenvalue weighted by Crippen LogP contribution is -2.33. The highest BCUT2D eigenvalue weighted by Crippen LogP contribution is 2.28. The summed E-state index contributed by atoms with van der Waals surface area (Å²) in [6.07, 6.45) is 5.90. The third kappa shape index (κ3) is 3.69. The number of hydrogen-bond donors (Lipinski definition) is 1. The minimum absolute atomic E-state index is 0.716. The molecule has 82 valence electrons. The Labute approximate surface area is 88.2 Å². The van der Waals surface area contributed by atoms with E-state index in [0.29, 0.717) is 6.04 Å². The molecule has 0 saturated heterocycles. The Kier molecular flexibility index (Phi) is 4.43. The lowest BCUT2D eigenvalue weighted by molar-refractivity contribution is 0.363. The molecule has 0 aromatic carbocycles. The molecule has 0 aromatic heterocycles. The van der Waals surface area contributed by atoms with Gasteiger partial charge in [-0.15, -0.1) is 0 Å². The second-order valence-electron chi connectivity index (χ2n) is 4.80. The summed E-state index contributed by atoms with van der Waals surface area (Å²) in [5, 5.41) is 7.99. The van der Waals surface area contributed by atoms with Gasteiger partial charge in [-0.05, 0) is 31.6 Å².